The number of carbonyl (C=O) groups is 1. The molecule has 2 atom stereocenters. The van der Waals surface area contributed by atoms with Gasteiger partial charge in [0.15, 0.2) is 0 Å². The van der Waals surface area contributed by atoms with Gasteiger partial charge in [0.05, 0.1) is 5.92 Å². The maximum atomic E-state index is 12.0. The summed E-state index contributed by atoms with van der Waals surface area (Å²) in [5.41, 5.74) is 0. The Balaban J connectivity index is 4.32. The molecule has 0 radical (unpaired) electrons. The molecule has 0 spiro atoms. The Morgan fingerprint density at radius 3 is 1.16 bits per heavy atom. The molecule has 0 saturated heterocycles. The Bertz CT molecular complexity index is 379. The molecule has 0 heterocycles. The van der Waals surface area contributed by atoms with Crippen molar-refractivity contribution in [3.63, 3.8) is 0 Å². The van der Waals surface area contributed by atoms with Gasteiger partial charge in [0.25, 0.3) is 0 Å². The number of unbranched alkanes of at least 4 members (excludes halogenated alkanes) is 17. The molecule has 2 nitrogen and oxygen atoms in total. The van der Waals surface area contributed by atoms with E-state index in [4.69, 9.17) is 0 Å². The highest BCUT2D eigenvalue weighted by atomic mass is 16.4. The minimum absolute atomic E-state index is 0.111. The van der Waals surface area contributed by atoms with E-state index in [0.717, 1.165) is 19.3 Å². The fraction of sp³-hybridized carbons (Fsp3) is 0.967. The van der Waals surface area contributed by atoms with Gasteiger partial charge in [-0.25, -0.2) is 0 Å². The van der Waals surface area contributed by atoms with E-state index in [-0.39, 0.29) is 5.92 Å². The van der Waals surface area contributed by atoms with Crippen LogP contribution >= 0.6 is 0 Å². The van der Waals surface area contributed by atoms with Gasteiger partial charge in [0, 0.05) is 0 Å². The van der Waals surface area contributed by atoms with Crippen LogP contribution in [0.1, 0.15) is 175 Å². The molecule has 32 heavy (non-hydrogen) atoms. The number of aliphatic carboxylic acids is 1. The molecule has 0 fully saturated rings. The van der Waals surface area contributed by atoms with Crippen molar-refractivity contribution in [2.45, 2.75) is 175 Å². The molecular formula is C30H60O2. The van der Waals surface area contributed by atoms with Gasteiger partial charge in [-0.05, 0) is 18.8 Å². The second kappa shape index (κ2) is 25.1. The molecule has 0 aromatic rings. The molecule has 0 saturated carbocycles. The summed E-state index contributed by atoms with van der Waals surface area (Å²) >= 11 is 0. The van der Waals surface area contributed by atoms with Crippen LogP contribution in [0.15, 0.2) is 0 Å². The normalized spacial score (nSPS) is 13.3. The molecule has 0 aliphatic rings. The van der Waals surface area contributed by atoms with Gasteiger partial charge in [0.2, 0.25) is 0 Å². The van der Waals surface area contributed by atoms with Crippen molar-refractivity contribution < 1.29 is 9.90 Å². The largest absolute Gasteiger partial charge is 0.481 e. The van der Waals surface area contributed by atoms with Gasteiger partial charge in [-0.2, -0.15) is 0 Å². The summed E-state index contributed by atoms with van der Waals surface area (Å²) in [6, 6.07) is 0. The summed E-state index contributed by atoms with van der Waals surface area (Å²) in [6.07, 6.45) is 30.8. The zero-order valence-electron chi connectivity index (χ0n) is 22.5. The van der Waals surface area contributed by atoms with Crippen molar-refractivity contribution in [1.29, 1.82) is 0 Å². The zero-order chi connectivity index (χ0) is 23.7. The average molecular weight is 453 g/mol. The van der Waals surface area contributed by atoms with Gasteiger partial charge >= 0.3 is 5.97 Å². The first kappa shape index (κ1) is 31.5. The predicted molar refractivity (Wildman–Crippen MR) is 142 cm³/mol. The molecule has 0 aromatic carbocycles. The summed E-state index contributed by atoms with van der Waals surface area (Å²) in [6.45, 7) is 6.80. The van der Waals surface area contributed by atoms with E-state index in [0.29, 0.717) is 5.92 Å². The molecular weight excluding hydrogens is 392 g/mol. The lowest BCUT2D eigenvalue weighted by Crippen LogP contribution is -2.18. The lowest BCUT2D eigenvalue weighted by molar-refractivity contribution is -0.142. The molecule has 0 aliphatic heterocycles. The molecule has 2 heteroatoms. The van der Waals surface area contributed by atoms with E-state index in [1.165, 1.54) is 135 Å². The summed E-state index contributed by atoms with van der Waals surface area (Å²) in [5.74, 6) is -0.0230. The van der Waals surface area contributed by atoms with Gasteiger partial charge < -0.3 is 5.11 Å². The maximum absolute atomic E-state index is 12.0. The fourth-order valence-electron chi connectivity index (χ4n) is 5.08. The summed E-state index contributed by atoms with van der Waals surface area (Å²) < 4.78 is 0. The topological polar surface area (TPSA) is 37.3 Å². The number of carboxylic acids is 1. The second-order valence-corrected chi connectivity index (χ2v) is 10.5. The van der Waals surface area contributed by atoms with Crippen LogP contribution < -0.4 is 0 Å². The first-order valence-corrected chi connectivity index (χ1v) is 14.9. The van der Waals surface area contributed by atoms with Gasteiger partial charge in [0.1, 0.15) is 0 Å². The van der Waals surface area contributed by atoms with Crippen LogP contribution in [0.25, 0.3) is 0 Å². The molecule has 0 amide bonds. The molecule has 2 unspecified atom stereocenters. The maximum Gasteiger partial charge on any atom is 0.306 e. The lowest BCUT2D eigenvalue weighted by atomic mass is 9.84. The fourth-order valence-corrected chi connectivity index (χ4v) is 5.08. The minimum Gasteiger partial charge on any atom is -0.481 e. The van der Waals surface area contributed by atoms with Crippen LogP contribution in [-0.2, 0) is 4.79 Å². The highest BCUT2D eigenvalue weighted by molar-refractivity contribution is 5.69. The number of hydrogen-bond donors (Lipinski definition) is 1. The highest BCUT2D eigenvalue weighted by Gasteiger charge is 2.22. The van der Waals surface area contributed by atoms with Crippen LogP contribution in [0.5, 0.6) is 0 Å². The quantitative estimate of drug-likeness (QED) is 0.132. The molecule has 0 bridgehead atoms. The van der Waals surface area contributed by atoms with E-state index >= 15 is 0 Å². The van der Waals surface area contributed by atoms with E-state index < -0.39 is 5.97 Å². The number of hydrogen-bond acceptors (Lipinski definition) is 1. The van der Waals surface area contributed by atoms with Crippen molar-refractivity contribution in [1.82, 2.24) is 0 Å². The Kier molecular flexibility index (Phi) is 24.7. The molecule has 0 rings (SSSR count). The van der Waals surface area contributed by atoms with E-state index in [2.05, 4.69) is 20.8 Å². The summed E-state index contributed by atoms with van der Waals surface area (Å²) in [5, 5.41) is 9.84. The van der Waals surface area contributed by atoms with Crippen molar-refractivity contribution in [2.24, 2.45) is 11.8 Å². The van der Waals surface area contributed by atoms with Crippen molar-refractivity contribution in [3.8, 4) is 0 Å². The van der Waals surface area contributed by atoms with E-state index in [1.54, 1.807) is 0 Å². The standard InChI is InChI=1S/C30H60O2/c1-4-7-10-13-16-17-19-22-25-28(24-21-18-14-11-8-5-2)27-29(30(31)32)26-23-20-15-12-9-6-3/h28-29H,4-27H2,1-3H3,(H,31,32). The molecule has 192 valence electrons. The van der Waals surface area contributed by atoms with Crippen molar-refractivity contribution in [2.75, 3.05) is 0 Å². The van der Waals surface area contributed by atoms with Gasteiger partial charge in [-0.15, -0.1) is 0 Å². The van der Waals surface area contributed by atoms with Crippen LogP contribution in [0.4, 0.5) is 0 Å². The third-order valence-corrected chi connectivity index (χ3v) is 7.31. The lowest BCUT2D eigenvalue weighted by Gasteiger charge is -2.21. The monoisotopic (exact) mass is 452 g/mol. The third-order valence-electron chi connectivity index (χ3n) is 7.31. The van der Waals surface area contributed by atoms with Crippen LogP contribution in [-0.4, -0.2) is 11.1 Å². The zero-order valence-corrected chi connectivity index (χ0v) is 22.5. The molecule has 0 aromatic heterocycles. The van der Waals surface area contributed by atoms with Gasteiger partial charge in [-0.1, -0.05) is 162 Å². The second-order valence-electron chi connectivity index (χ2n) is 10.5. The summed E-state index contributed by atoms with van der Waals surface area (Å²) in [4.78, 5) is 12.0. The smallest absolute Gasteiger partial charge is 0.306 e. The van der Waals surface area contributed by atoms with E-state index in [1.807, 2.05) is 0 Å². The average Bonchev–Trinajstić information content (AvgIpc) is 2.78. The molecule has 1 N–H and O–H groups in total. The predicted octanol–water partition coefficient (Wildman–Crippen LogP) is 10.7. The van der Waals surface area contributed by atoms with Crippen LogP contribution in [0, 0.1) is 11.8 Å². The third kappa shape index (κ3) is 21.3. The van der Waals surface area contributed by atoms with Crippen LogP contribution in [0.2, 0.25) is 0 Å². The number of rotatable bonds is 26. The van der Waals surface area contributed by atoms with Crippen molar-refractivity contribution >= 4 is 5.97 Å². The summed E-state index contributed by atoms with van der Waals surface area (Å²) in [7, 11) is 0. The first-order chi connectivity index (χ1) is 15.7. The Hall–Kier alpha value is -0.530. The number of carboxylic acid groups (broad SMARTS) is 1. The SMILES string of the molecule is CCCCCCCCCCC(CCCCCCCC)CC(CCCCCCCC)C(=O)O. The Morgan fingerprint density at radius 2 is 0.812 bits per heavy atom. The first-order valence-electron chi connectivity index (χ1n) is 14.9. The van der Waals surface area contributed by atoms with E-state index in [9.17, 15) is 9.90 Å². The highest BCUT2D eigenvalue weighted by Crippen LogP contribution is 2.28. The minimum atomic E-state index is -0.539. The van der Waals surface area contributed by atoms with Crippen LogP contribution in [0.3, 0.4) is 0 Å². The Labute approximate surface area is 202 Å². The Morgan fingerprint density at radius 1 is 0.500 bits per heavy atom. The molecule has 0 aliphatic carbocycles. The van der Waals surface area contributed by atoms with Gasteiger partial charge in [-0.3, -0.25) is 4.79 Å². The van der Waals surface area contributed by atoms with Crippen molar-refractivity contribution in [3.05, 3.63) is 0 Å².